The Labute approximate surface area is 191 Å². The van der Waals surface area contributed by atoms with Gasteiger partial charge in [-0.15, -0.1) is 0 Å². The lowest BCUT2D eigenvalue weighted by atomic mass is 10.3. The maximum absolute atomic E-state index is 7.21. The quantitative estimate of drug-likeness (QED) is 0.371. The van der Waals surface area contributed by atoms with E-state index in [0.29, 0.717) is 0 Å². The van der Waals surface area contributed by atoms with Gasteiger partial charge in [0, 0.05) is 7.11 Å². The zero-order valence-corrected chi connectivity index (χ0v) is 21.1. The summed E-state index contributed by atoms with van der Waals surface area (Å²) in [7, 11) is -1.82. The van der Waals surface area contributed by atoms with E-state index in [2.05, 4.69) is 105 Å². The molecule has 0 fully saturated rings. The maximum atomic E-state index is 7.21. The van der Waals surface area contributed by atoms with Gasteiger partial charge in [0.05, 0.1) is 5.73 Å². The van der Waals surface area contributed by atoms with Crippen molar-refractivity contribution in [1.82, 2.24) is 0 Å². The smallest absolute Gasteiger partial charge is 0.283 e. The van der Waals surface area contributed by atoms with Gasteiger partial charge < -0.3 is 8.85 Å². The van der Waals surface area contributed by atoms with Gasteiger partial charge in [-0.25, -0.2) is 0 Å². The summed E-state index contributed by atoms with van der Waals surface area (Å²) in [4.78, 5) is 0. The second-order valence-electron chi connectivity index (χ2n) is 8.02. The minimum atomic E-state index is -2.34. The third kappa shape index (κ3) is 5.83. The number of hydrogen-bond donors (Lipinski definition) is 0. The van der Waals surface area contributed by atoms with Gasteiger partial charge in [-0.1, -0.05) is 124 Å². The SMILES string of the molecule is CCCC[Si](OC)(c1ccccc1)C(CCC)O[Si](c1ccccc1)c1ccccc1. The van der Waals surface area contributed by atoms with Crippen molar-refractivity contribution < 1.29 is 8.85 Å². The van der Waals surface area contributed by atoms with E-state index in [-0.39, 0.29) is 5.73 Å². The third-order valence-electron chi connectivity index (χ3n) is 5.93. The van der Waals surface area contributed by atoms with Crippen LogP contribution in [0.15, 0.2) is 91.0 Å². The Kier molecular flexibility index (Phi) is 9.28. The van der Waals surface area contributed by atoms with Crippen LogP contribution >= 0.6 is 0 Å². The van der Waals surface area contributed by atoms with Gasteiger partial charge >= 0.3 is 0 Å². The van der Waals surface area contributed by atoms with Crippen LogP contribution in [0.4, 0.5) is 0 Å². The summed E-state index contributed by atoms with van der Waals surface area (Å²) >= 11 is 0. The molecule has 0 bridgehead atoms. The number of benzene rings is 3. The first-order chi connectivity index (χ1) is 15.2. The summed E-state index contributed by atoms with van der Waals surface area (Å²) in [6.07, 6.45) is 4.43. The highest BCUT2D eigenvalue weighted by atomic mass is 28.4. The van der Waals surface area contributed by atoms with E-state index < -0.39 is 17.4 Å². The molecular weight excluding hydrogens is 412 g/mol. The molecule has 0 amide bonds. The van der Waals surface area contributed by atoms with Crippen molar-refractivity contribution in [3.05, 3.63) is 91.0 Å². The van der Waals surface area contributed by atoms with Crippen molar-refractivity contribution in [2.45, 2.75) is 51.3 Å². The molecule has 1 radical (unpaired) electrons. The predicted molar refractivity (Wildman–Crippen MR) is 136 cm³/mol. The summed E-state index contributed by atoms with van der Waals surface area (Å²) in [6.45, 7) is 4.52. The molecule has 0 saturated heterocycles. The van der Waals surface area contributed by atoms with E-state index in [4.69, 9.17) is 8.85 Å². The topological polar surface area (TPSA) is 18.5 Å². The van der Waals surface area contributed by atoms with Crippen molar-refractivity contribution in [2.24, 2.45) is 0 Å². The van der Waals surface area contributed by atoms with Crippen molar-refractivity contribution >= 4 is 32.9 Å². The average Bonchev–Trinajstić information content (AvgIpc) is 2.84. The van der Waals surface area contributed by atoms with Crippen molar-refractivity contribution in [3.63, 3.8) is 0 Å². The van der Waals surface area contributed by atoms with Crippen LogP contribution in [0.2, 0.25) is 6.04 Å². The Morgan fingerprint density at radius 1 is 0.742 bits per heavy atom. The first-order valence-corrected chi connectivity index (χ1v) is 15.1. The van der Waals surface area contributed by atoms with Crippen LogP contribution in [0.1, 0.15) is 39.5 Å². The van der Waals surface area contributed by atoms with Gasteiger partial charge in [-0.3, -0.25) is 0 Å². The molecule has 0 aliphatic rings. The zero-order valence-electron chi connectivity index (χ0n) is 19.1. The minimum absolute atomic E-state index is 0.116. The normalized spacial score (nSPS) is 14.3. The molecule has 3 aromatic rings. The van der Waals surface area contributed by atoms with E-state index in [1.165, 1.54) is 22.0 Å². The van der Waals surface area contributed by atoms with Crippen LogP contribution in [0.5, 0.6) is 0 Å². The van der Waals surface area contributed by atoms with Gasteiger partial charge in [-0.05, 0) is 28.0 Å². The lowest BCUT2D eigenvalue weighted by molar-refractivity contribution is 0.229. The molecule has 0 spiro atoms. The van der Waals surface area contributed by atoms with E-state index >= 15 is 0 Å². The molecule has 0 saturated carbocycles. The van der Waals surface area contributed by atoms with Gasteiger partial charge in [-0.2, -0.15) is 0 Å². The summed E-state index contributed by atoms with van der Waals surface area (Å²) < 4.78 is 13.8. The van der Waals surface area contributed by atoms with Crippen molar-refractivity contribution in [1.29, 1.82) is 0 Å². The number of hydrogen-bond acceptors (Lipinski definition) is 2. The molecule has 3 rings (SSSR count). The molecule has 2 nitrogen and oxygen atoms in total. The number of rotatable bonds is 12. The second kappa shape index (κ2) is 12.2. The molecule has 3 aromatic carbocycles. The molecule has 2 atom stereocenters. The summed E-state index contributed by atoms with van der Waals surface area (Å²) in [6, 6.07) is 33.5. The van der Waals surface area contributed by atoms with E-state index in [0.717, 1.165) is 25.3 Å². The standard InChI is InChI=1S/C27H35O2Si2/c1-4-6-23-31(28-3,26-21-14-9-15-22-26)27(16-5-2)29-30(24-17-10-7-11-18-24)25-19-12-8-13-20-25/h7-15,17-22,27H,4-6,16,23H2,1-3H3. The van der Waals surface area contributed by atoms with E-state index in [1.54, 1.807) is 0 Å². The predicted octanol–water partition coefficient (Wildman–Crippen LogP) is 4.82. The van der Waals surface area contributed by atoms with Gasteiger partial charge in [0.15, 0.2) is 0 Å². The first kappa shape index (κ1) is 23.7. The molecule has 0 heterocycles. The molecule has 0 N–H and O–H groups in total. The van der Waals surface area contributed by atoms with Crippen LogP contribution in [0.25, 0.3) is 0 Å². The third-order valence-corrected chi connectivity index (χ3v) is 13.0. The largest absolute Gasteiger partial charge is 0.413 e. The van der Waals surface area contributed by atoms with E-state index in [1.807, 2.05) is 7.11 Å². The monoisotopic (exact) mass is 447 g/mol. The molecule has 2 unspecified atom stereocenters. The van der Waals surface area contributed by atoms with Gasteiger partial charge in [0.1, 0.15) is 0 Å². The maximum Gasteiger partial charge on any atom is 0.283 e. The molecule has 0 aliphatic heterocycles. The fourth-order valence-electron chi connectivity index (χ4n) is 4.28. The molecule has 31 heavy (non-hydrogen) atoms. The highest BCUT2D eigenvalue weighted by Crippen LogP contribution is 2.26. The van der Waals surface area contributed by atoms with Crippen LogP contribution in [0, 0.1) is 0 Å². The van der Waals surface area contributed by atoms with E-state index in [9.17, 15) is 0 Å². The van der Waals surface area contributed by atoms with Crippen LogP contribution < -0.4 is 15.6 Å². The van der Waals surface area contributed by atoms with Crippen molar-refractivity contribution in [3.8, 4) is 0 Å². The molecule has 0 aromatic heterocycles. The van der Waals surface area contributed by atoms with Crippen LogP contribution in [-0.2, 0) is 8.85 Å². The Balaban J connectivity index is 2.06. The molecule has 163 valence electrons. The Morgan fingerprint density at radius 2 is 1.26 bits per heavy atom. The first-order valence-electron chi connectivity index (χ1n) is 11.5. The van der Waals surface area contributed by atoms with Gasteiger partial charge in [0.2, 0.25) is 0 Å². The molecular formula is C27H35O2Si2. The zero-order chi connectivity index (χ0) is 21.9. The number of unbranched alkanes of at least 4 members (excludes halogenated alkanes) is 1. The summed E-state index contributed by atoms with van der Waals surface area (Å²) in [5.41, 5.74) is 0.116. The van der Waals surface area contributed by atoms with Crippen LogP contribution in [0.3, 0.4) is 0 Å². The summed E-state index contributed by atoms with van der Waals surface area (Å²) in [5.74, 6) is 0. The fraction of sp³-hybridized carbons (Fsp3) is 0.333. The lowest BCUT2D eigenvalue weighted by Gasteiger charge is -2.39. The summed E-state index contributed by atoms with van der Waals surface area (Å²) in [5, 5.41) is 3.94. The lowest BCUT2D eigenvalue weighted by Crippen LogP contribution is -2.63. The minimum Gasteiger partial charge on any atom is -0.413 e. The molecule has 4 heteroatoms. The van der Waals surface area contributed by atoms with Crippen molar-refractivity contribution in [2.75, 3.05) is 7.11 Å². The fourth-order valence-corrected chi connectivity index (χ4v) is 11.5. The van der Waals surface area contributed by atoms with Gasteiger partial charge in [0.25, 0.3) is 17.4 Å². The van der Waals surface area contributed by atoms with Crippen LogP contribution in [-0.4, -0.2) is 30.2 Å². The average molecular weight is 448 g/mol. The Morgan fingerprint density at radius 3 is 1.71 bits per heavy atom. The highest BCUT2D eigenvalue weighted by Gasteiger charge is 2.45. The molecule has 0 aliphatic carbocycles. The second-order valence-corrected chi connectivity index (χ2v) is 14.0. The Bertz CT molecular complexity index is 834. The highest BCUT2D eigenvalue weighted by molar-refractivity contribution is 6.89. The Hall–Kier alpha value is -1.99.